The van der Waals surface area contributed by atoms with Crippen molar-refractivity contribution < 1.29 is 23.6 Å². The Morgan fingerprint density at radius 1 is 1.06 bits per heavy atom. The maximum atomic E-state index is 13.9. The molecule has 0 radical (unpaired) electrons. The number of amides is 3. The summed E-state index contributed by atoms with van der Waals surface area (Å²) in [7, 11) is 0. The number of carbonyl (C=O) groups excluding carboxylic acids is 4. The Kier molecular flexibility index (Phi) is 7.57. The van der Waals surface area contributed by atoms with Crippen molar-refractivity contribution in [1.29, 1.82) is 0 Å². The summed E-state index contributed by atoms with van der Waals surface area (Å²) < 4.78 is 13.5. The highest BCUT2D eigenvalue weighted by atomic mass is 35.5. The zero-order chi connectivity index (χ0) is 25.3. The fraction of sp³-hybridized carbons (Fsp3) is 0.385. The molecule has 0 N–H and O–H groups in total. The lowest BCUT2D eigenvalue weighted by molar-refractivity contribution is -0.156. The molecule has 184 valence electrons. The van der Waals surface area contributed by atoms with Crippen LogP contribution >= 0.6 is 23.2 Å². The van der Waals surface area contributed by atoms with E-state index < -0.39 is 47.2 Å². The maximum Gasteiger partial charge on any atom is 0.275 e. The number of hydrogen-bond donors (Lipinski definition) is 0. The quantitative estimate of drug-likeness (QED) is 0.289. The summed E-state index contributed by atoms with van der Waals surface area (Å²) in [6.45, 7) is 2.03. The fourth-order valence-electron chi connectivity index (χ4n) is 4.99. The summed E-state index contributed by atoms with van der Waals surface area (Å²) >= 11 is 12.3. The van der Waals surface area contributed by atoms with E-state index in [-0.39, 0.29) is 34.4 Å². The molecular weight excluding hydrogens is 494 g/mol. The highest BCUT2D eigenvalue weighted by Crippen LogP contribution is 2.42. The van der Waals surface area contributed by atoms with Crippen LogP contribution in [0.1, 0.15) is 53.3 Å². The lowest BCUT2D eigenvalue weighted by atomic mass is 9.76. The second-order valence-corrected chi connectivity index (χ2v) is 9.90. The minimum atomic E-state index is -1.27. The van der Waals surface area contributed by atoms with E-state index in [1.807, 2.05) is 6.92 Å². The molecule has 1 saturated carbocycles. The molecule has 3 amide bonds. The Morgan fingerprint density at radius 3 is 2.37 bits per heavy atom. The lowest BCUT2D eigenvalue weighted by Gasteiger charge is -2.36. The van der Waals surface area contributed by atoms with Crippen LogP contribution in [0.5, 0.6) is 0 Å². The van der Waals surface area contributed by atoms with Gasteiger partial charge in [-0.25, -0.2) is 9.40 Å². The molecule has 35 heavy (non-hydrogen) atoms. The second-order valence-electron chi connectivity index (χ2n) is 9.11. The Hall–Kier alpha value is -2.77. The van der Waals surface area contributed by atoms with Crippen LogP contribution in [-0.4, -0.2) is 45.4 Å². The molecule has 2 aliphatic rings. The van der Waals surface area contributed by atoms with Gasteiger partial charge in [0, 0.05) is 11.4 Å². The van der Waals surface area contributed by atoms with Gasteiger partial charge in [0.05, 0.1) is 22.4 Å². The number of ketones is 1. The summed E-state index contributed by atoms with van der Waals surface area (Å²) in [4.78, 5) is 54.5. The van der Waals surface area contributed by atoms with Crippen molar-refractivity contribution in [3.05, 3.63) is 70.5 Å². The number of benzene rings is 2. The Bertz CT molecular complexity index is 1160. The smallest absolute Gasteiger partial charge is 0.275 e. The monoisotopic (exact) mass is 518 g/mol. The van der Waals surface area contributed by atoms with E-state index in [0.29, 0.717) is 12.8 Å². The van der Waals surface area contributed by atoms with Crippen molar-refractivity contribution in [2.24, 2.45) is 17.8 Å². The van der Waals surface area contributed by atoms with Gasteiger partial charge in [-0.2, -0.15) is 5.01 Å². The maximum absolute atomic E-state index is 13.9. The van der Waals surface area contributed by atoms with Gasteiger partial charge in [0.15, 0.2) is 5.78 Å². The van der Waals surface area contributed by atoms with E-state index >= 15 is 0 Å². The van der Waals surface area contributed by atoms with Crippen molar-refractivity contribution in [3.8, 4) is 0 Å². The first-order chi connectivity index (χ1) is 16.7. The van der Waals surface area contributed by atoms with Crippen molar-refractivity contribution in [2.45, 2.75) is 38.6 Å². The molecule has 1 heterocycles. The molecule has 4 rings (SSSR count). The zero-order valence-corrected chi connectivity index (χ0v) is 20.6. The van der Waals surface area contributed by atoms with Crippen molar-refractivity contribution in [1.82, 2.24) is 10.0 Å². The Balaban J connectivity index is 1.82. The molecule has 9 heteroatoms. The van der Waals surface area contributed by atoms with E-state index in [2.05, 4.69) is 0 Å². The highest BCUT2D eigenvalue weighted by molar-refractivity contribution is 6.34. The number of imide groups is 1. The predicted octanol–water partition coefficient (Wildman–Crippen LogP) is 5.14. The largest absolute Gasteiger partial charge is 0.292 e. The number of halogens is 3. The molecule has 0 spiro atoms. The van der Waals surface area contributed by atoms with Gasteiger partial charge >= 0.3 is 0 Å². The molecule has 0 aromatic heterocycles. The number of nitrogens with zero attached hydrogens (tertiary/aromatic N) is 2. The number of Topliss-reactive ketones (excluding diaryl/α,β-unsaturated/α-hetero) is 1. The summed E-state index contributed by atoms with van der Waals surface area (Å²) in [6.07, 6.45) is 1.84. The van der Waals surface area contributed by atoms with Gasteiger partial charge < -0.3 is 0 Å². The van der Waals surface area contributed by atoms with Gasteiger partial charge in [-0.15, -0.1) is 11.6 Å². The van der Waals surface area contributed by atoms with Crippen LogP contribution in [0.2, 0.25) is 5.02 Å². The number of alkyl halides is 1. The summed E-state index contributed by atoms with van der Waals surface area (Å²) in [5.74, 6) is -3.70. The average molecular weight is 519 g/mol. The van der Waals surface area contributed by atoms with Crippen molar-refractivity contribution >= 4 is 46.7 Å². The third-order valence-electron chi connectivity index (χ3n) is 6.80. The van der Waals surface area contributed by atoms with Gasteiger partial charge in [0.25, 0.3) is 17.7 Å². The summed E-state index contributed by atoms with van der Waals surface area (Å²) in [6, 6.07) is 9.82. The van der Waals surface area contributed by atoms with Crippen LogP contribution in [0.4, 0.5) is 4.39 Å². The molecule has 6 nitrogen and oxygen atoms in total. The minimum Gasteiger partial charge on any atom is -0.292 e. The van der Waals surface area contributed by atoms with Gasteiger partial charge in [-0.05, 0) is 68.0 Å². The highest BCUT2D eigenvalue weighted by Gasteiger charge is 2.54. The first kappa shape index (κ1) is 25.3. The van der Waals surface area contributed by atoms with Crippen LogP contribution < -0.4 is 0 Å². The molecule has 1 aliphatic carbocycles. The second kappa shape index (κ2) is 10.5. The molecule has 1 aliphatic heterocycles. The predicted molar refractivity (Wildman–Crippen MR) is 129 cm³/mol. The molecule has 0 bridgehead atoms. The lowest BCUT2D eigenvalue weighted by Crippen LogP contribution is -2.57. The molecule has 2 aromatic carbocycles. The first-order valence-corrected chi connectivity index (χ1v) is 12.5. The van der Waals surface area contributed by atoms with Crippen LogP contribution in [-0.2, 0) is 9.59 Å². The molecule has 0 unspecified atom stereocenters. The first-order valence-electron chi connectivity index (χ1n) is 11.6. The summed E-state index contributed by atoms with van der Waals surface area (Å²) in [5.41, 5.74) is 0.174. The molecule has 2 fully saturated rings. The Labute approximate surface area is 212 Å². The molecule has 1 saturated heterocycles. The van der Waals surface area contributed by atoms with Gasteiger partial charge in [-0.1, -0.05) is 30.7 Å². The van der Waals surface area contributed by atoms with Crippen molar-refractivity contribution in [2.75, 3.05) is 5.88 Å². The fourth-order valence-corrected chi connectivity index (χ4v) is 5.41. The molecule has 2 aromatic rings. The zero-order valence-electron chi connectivity index (χ0n) is 19.1. The molecular formula is C26H25Cl2FN2O4. The van der Waals surface area contributed by atoms with E-state index in [1.54, 1.807) is 12.1 Å². The van der Waals surface area contributed by atoms with E-state index in [1.165, 1.54) is 24.3 Å². The third kappa shape index (κ3) is 4.84. The van der Waals surface area contributed by atoms with Crippen LogP contribution in [0, 0.1) is 23.6 Å². The average Bonchev–Trinajstić information content (AvgIpc) is 3.08. The van der Waals surface area contributed by atoms with E-state index in [9.17, 15) is 23.6 Å². The number of fused-ring (bicyclic) bond motifs is 1. The normalized spacial score (nSPS) is 22.6. The van der Waals surface area contributed by atoms with Gasteiger partial charge in [-0.3, -0.25) is 19.2 Å². The molecule has 4 atom stereocenters. The number of carbonyl (C=O) groups is 4. The minimum absolute atomic E-state index is 0.0238. The number of hydrazine groups is 1. The topological polar surface area (TPSA) is 74.8 Å². The van der Waals surface area contributed by atoms with Crippen LogP contribution in [0.15, 0.2) is 48.5 Å². The number of rotatable bonds is 7. The third-order valence-corrected chi connectivity index (χ3v) is 7.35. The number of hydrogen-bond acceptors (Lipinski definition) is 4. The SMILES string of the molecule is C[C@@H]1CC[C@@H]2C(=O)N(N(C(=O)c3ccccc3Cl)[C@H](CCCl)C(=O)c3ccc(F)cc3)C(=O)[C@@H]2C1. The standard InChI is InChI=1S/C26H25Cl2FN2O4/c1-15-6-11-18-20(14-15)26(35)31(24(18)33)30(25(34)19-4-2-3-5-21(19)28)22(12-13-27)23(32)16-7-9-17(29)10-8-16/h2-5,7-10,15,18,20,22H,6,11-14H2,1H3/t15-,18+,20-,22-/m1/s1. The van der Waals surface area contributed by atoms with Crippen LogP contribution in [0.3, 0.4) is 0 Å². The van der Waals surface area contributed by atoms with E-state index in [4.69, 9.17) is 23.2 Å². The van der Waals surface area contributed by atoms with Crippen LogP contribution in [0.25, 0.3) is 0 Å². The van der Waals surface area contributed by atoms with Gasteiger partial charge in [0.2, 0.25) is 0 Å². The van der Waals surface area contributed by atoms with E-state index in [0.717, 1.165) is 28.6 Å². The van der Waals surface area contributed by atoms with Crippen molar-refractivity contribution in [3.63, 3.8) is 0 Å². The Morgan fingerprint density at radius 2 is 1.71 bits per heavy atom. The van der Waals surface area contributed by atoms with Gasteiger partial charge in [0.1, 0.15) is 11.9 Å². The summed E-state index contributed by atoms with van der Waals surface area (Å²) in [5, 5.41) is 1.90.